The molecule has 2 N–H and O–H groups in total. The number of aromatic nitrogens is 1. The Hall–Kier alpha value is -1.69. The summed E-state index contributed by atoms with van der Waals surface area (Å²) in [6.45, 7) is 2.32. The molecule has 2 rings (SSSR count). The molecule has 18 heavy (non-hydrogen) atoms. The highest BCUT2D eigenvalue weighted by molar-refractivity contribution is 5.59. The zero-order chi connectivity index (χ0) is 13.1. The third-order valence-corrected chi connectivity index (χ3v) is 3.38. The molecule has 0 radical (unpaired) electrons. The normalized spacial score (nSPS) is 23.0. The summed E-state index contributed by atoms with van der Waals surface area (Å²) in [5, 5.41) is 23.4. The van der Waals surface area contributed by atoms with Gasteiger partial charge in [-0.1, -0.05) is 0 Å². The van der Waals surface area contributed by atoms with Gasteiger partial charge in [0, 0.05) is 18.3 Å². The Morgan fingerprint density at radius 3 is 3.00 bits per heavy atom. The maximum Gasteiger partial charge on any atom is 0.314 e. The third-order valence-electron chi connectivity index (χ3n) is 3.38. The zero-order valence-corrected chi connectivity index (χ0v) is 10.3. The van der Waals surface area contributed by atoms with Gasteiger partial charge in [0.1, 0.15) is 0 Å². The van der Waals surface area contributed by atoms with Gasteiger partial charge in [-0.25, -0.2) is 4.98 Å². The summed E-state index contributed by atoms with van der Waals surface area (Å²) < 4.78 is 0. The first-order valence-electron chi connectivity index (χ1n) is 6.10. The average molecular weight is 251 g/mol. The second kappa shape index (κ2) is 5.30. The number of hydrogen-bond acceptors (Lipinski definition) is 5. The molecule has 1 heterocycles. The molecule has 0 saturated heterocycles. The molecule has 1 aromatic rings. The molecule has 0 aliphatic heterocycles. The maximum absolute atomic E-state index is 11.0. The van der Waals surface area contributed by atoms with E-state index in [9.17, 15) is 15.2 Å². The number of anilines is 1. The van der Waals surface area contributed by atoms with Crippen molar-refractivity contribution in [3.63, 3.8) is 0 Å². The highest BCUT2D eigenvalue weighted by atomic mass is 16.6. The van der Waals surface area contributed by atoms with Crippen LogP contribution >= 0.6 is 0 Å². The van der Waals surface area contributed by atoms with Crippen molar-refractivity contribution in [1.82, 2.24) is 4.98 Å². The van der Waals surface area contributed by atoms with Gasteiger partial charge in [-0.2, -0.15) is 0 Å². The number of rotatable bonds is 4. The first-order valence-corrected chi connectivity index (χ1v) is 6.10. The minimum atomic E-state index is -0.409. The molecular formula is C12H17N3O3. The Labute approximate surface area is 105 Å². The Kier molecular flexibility index (Phi) is 3.76. The SMILES string of the molecule is Cc1ccnc(NCC2CCC(O)C2)c1[N+](=O)[O-]. The van der Waals surface area contributed by atoms with E-state index in [2.05, 4.69) is 10.3 Å². The molecule has 0 bridgehead atoms. The van der Waals surface area contributed by atoms with Gasteiger partial charge < -0.3 is 10.4 Å². The van der Waals surface area contributed by atoms with Crippen LogP contribution in [0.4, 0.5) is 11.5 Å². The van der Waals surface area contributed by atoms with Crippen LogP contribution in [0.25, 0.3) is 0 Å². The summed E-state index contributed by atoms with van der Waals surface area (Å²) in [5.41, 5.74) is 0.639. The Morgan fingerprint density at radius 2 is 2.39 bits per heavy atom. The summed E-state index contributed by atoms with van der Waals surface area (Å²) in [4.78, 5) is 14.6. The minimum absolute atomic E-state index is 0.0380. The molecule has 98 valence electrons. The quantitative estimate of drug-likeness (QED) is 0.630. The lowest BCUT2D eigenvalue weighted by Crippen LogP contribution is -2.14. The summed E-state index contributed by atoms with van der Waals surface area (Å²) in [5.74, 6) is 0.684. The van der Waals surface area contributed by atoms with E-state index in [1.165, 1.54) is 0 Å². The first kappa shape index (κ1) is 12.8. The number of nitro groups is 1. The number of aryl methyl sites for hydroxylation is 1. The molecule has 1 saturated carbocycles. The van der Waals surface area contributed by atoms with Crippen LogP contribution in [0.3, 0.4) is 0 Å². The third kappa shape index (κ3) is 2.76. The number of pyridine rings is 1. The highest BCUT2D eigenvalue weighted by Gasteiger charge is 2.24. The van der Waals surface area contributed by atoms with Gasteiger partial charge in [0.15, 0.2) is 0 Å². The lowest BCUT2D eigenvalue weighted by atomic mass is 10.1. The molecule has 6 nitrogen and oxygen atoms in total. The van der Waals surface area contributed by atoms with E-state index >= 15 is 0 Å². The van der Waals surface area contributed by atoms with Gasteiger partial charge in [-0.3, -0.25) is 10.1 Å². The van der Waals surface area contributed by atoms with Gasteiger partial charge in [-0.05, 0) is 38.2 Å². The number of nitrogens with zero attached hydrogens (tertiary/aromatic N) is 2. The van der Waals surface area contributed by atoms with Crippen molar-refractivity contribution < 1.29 is 10.0 Å². The van der Waals surface area contributed by atoms with Gasteiger partial charge in [0.25, 0.3) is 0 Å². The smallest absolute Gasteiger partial charge is 0.314 e. The second-order valence-corrected chi connectivity index (χ2v) is 4.80. The van der Waals surface area contributed by atoms with Crippen LogP contribution in [0.2, 0.25) is 0 Å². The van der Waals surface area contributed by atoms with E-state index in [4.69, 9.17) is 0 Å². The molecule has 0 amide bonds. The van der Waals surface area contributed by atoms with Crippen LogP contribution in [-0.2, 0) is 0 Å². The van der Waals surface area contributed by atoms with Crippen LogP contribution in [0.5, 0.6) is 0 Å². The lowest BCUT2D eigenvalue weighted by Gasteiger charge is -2.12. The van der Waals surface area contributed by atoms with Crippen molar-refractivity contribution in [3.05, 3.63) is 27.9 Å². The summed E-state index contributed by atoms with van der Waals surface area (Å²) in [6.07, 6.45) is 3.86. The van der Waals surface area contributed by atoms with E-state index < -0.39 is 4.92 Å². The standard InChI is InChI=1S/C12H17N3O3/c1-8-4-5-13-12(11(8)15(17)18)14-7-9-2-3-10(16)6-9/h4-5,9-10,16H,2-3,6-7H2,1H3,(H,13,14). The van der Waals surface area contributed by atoms with E-state index in [1.807, 2.05) is 0 Å². The molecule has 1 fully saturated rings. The molecule has 1 aliphatic carbocycles. The Balaban J connectivity index is 2.05. The highest BCUT2D eigenvalue weighted by Crippen LogP contribution is 2.28. The second-order valence-electron chi connectivity index (χ2n) is 4.80. The van der Waals surface area contributed by atoms with Crippen LogP contribution in [0, 0.1) is 23.0 Å². The van der Waals surface area contributed by atoms with Crippen LogP contribution < -0.4 is 5.32 Å². The number of hydrogen-bond donors (Lipinski definition) is 2. The van der Waals surface area contributed by atoms with E-state index in [0.717, 1.165) is 19.3 Å². The number of aliphatic hydroxyl groups is 1. The van der Waals surface area contributed by atoms with Gasteiger partial charge in [0.2, 0.25) is 5.82 Å². The molecule has 0 spiro atoms. The summed E-state index contributed by atoms with van der Waals surface area (Å²) in [7, 11) is 0. The fourth-order valence-corrected chi connectivity index (χ4v) is 2.39. The molecule has 0 aromatic carbocycles. The lowest BCUT2D eigenvalue weighted by molar-refractivity contribution is -0.384. The predicted octanol–water partition coefficient (Wildman–Crippen LogP) is 1.87. The van der Waals surface area contributed by atoms with Crippen molar-refractivity contribution in [3.8, 4) is 0 Å². The number of aliphatic hydroxyl groups excluding tert-OH is 1. The fraction of sp³-hybridized carbons (Fsp3) is 0.583. The maximum atomic E-state index is 11.0. The molecule has 2 atom stereocenters. The van der Waals surface area contributed by atoms with E-state index in [-0.39, 0.29) is 11.8 Å². The predicted molar refractivity (Wildman–Crippen MR) is 67.5 cm³/mol. The van der Waals surface area contributed by atoms with Crippen LogP contribution in [0.1, 0.15) is 24.8 Å². The monoisotopic (exact) mass is 251 g/mol. The summed E-state index contributed by atoms with van der Waals surface area (Å²) >= 11 is 0. The van der Waals surface area contributed by atoms with Crippen molar-refractivity contribution in [2.24, 2.45) is 5.92 Å². The van der Waals surface area contributed by atoms with Gasteiger partial charge in [0.05, 0.1) is 11.0 Å². The fourth-order valence-electron chi connectivity index (χ4n) is 2.39. The molecule has 1 aliphatic rings. The van der Waals surface area contributed by atoms with Crippen molar-refractivity contribution in [2.45, 2.75) is 32.3 Å². The van der Waals surface area contributed by atoms with E-state index in [0.29, 0.717) is 23.8 Å². The average Bonchev–Trinajstić information content (AvgIpc) is 2.72. The Bertz CT molecular complexity index is 450. The minimum Gasteiger partial charge on any atom is -0.393 e. The van der Waals surface area contributed by atoms with Crippen LogP contribution in [-0.4, -0.2) is 27.7 Å². The van der Waals surface area contributed by atoms with Crippen molar-refractivity contribution in [2.75, 3.05) is 11.9 Å². The zero-order valence-electron chi connectivity index (χ0n) is 10.3. The largest absolute Gasteiger partial charge is 0.393 e. The summed E-state index contributed by atoms with van der Waals surface area (Å²) in [6, 6.07) is 1.63. The van der Waals surface area contributed by atoms with Crippen LogP contribution in [0.15, 0.2) is 12.3 Å². The van der Waals surface area contributed by atoms with Crippen molar-refractivity contribution >= 4 is 11.5 Å². The number of nitrogens with one attached hydrogen (secondary N) is 1. The molecule has 1 aromatic heterocycles. The van der Waals surface area contributed by atoms with Crippen molar-refractivity contribution in [1.29, 1.82) is 0 Å². The Morgan fingerprint density at radius 1 is 1.61 bits per heavy atom. The molecule has 6 heteroatoms. The van der Waals surface area contributed by atoms with E-state index in [1.54, 1.807) is 19.2 Å². The first-order chi connectivity index (χ1) is 8.58. The van der Waals surface area contributed by atoms with Gasteiger partial charge >= 0.3 is 5.69 Å². The molecule has 2 unspecified atom stereocenters. The molecular weight excluding hydrogens is 234 g/mol. The topological polar surface area (TPSA) is 88.3 Å². The van der Waals surface area contributed by atoms with Gasteiger partial charge in [-0.15, -0.1) is 0 Å².